The van der Waals surface area contributed by atoms with E-state index >= 15 is 0 Å². The molecule has 0 N–H and O–H groups in total. The summed E-state index contributed by atoms with van der Waals surface area (Å²) < 4.78 is 0. The van der Waals surface area contributed by atoms with Gasteiger partial charge >= 0.3 is 0 Å². The summed E-state index contributed by atoms with van der Waals surface area (Å²) in [7, 11) is 0. The van der Waals surface area contributed by atoms with Crippen molar-refractivity contribution in [1.29, 1.82) is 0 Å². The van der Waals surface area contributed by atoms with Crippen LogP contribution in [0.2, 0.25) is 0 Å². The Balaban J connectivity index is 1.75. The van der Waals surface area contributed by atoms with Gasteiger partial charge in [-0.3, -0.25) is 4.98 Å². The molecule has 0 aromatic carbocycles. The van der Waals surface area contributed by atoms with E-state index < -0.39 is 0 Å². The molecule has 1 aromatic heterocycles. The maximum Gasteiger partial charge on any atom is 0.0434 e. The van der Waals surface area contributed by atoms with Gasteiger partial charge in [0.15, 0.2) is 0 Å². The predicted molar refractivity (Wildman–Crippen MR) is 96.2 cm³/mol. The SMILES string of the molecule is C=CCCCc1ccc(C2CCC(CCCCC)CC2)nc1. The van der Waals surface area contributed by atoms with Gasteiger partial charge in [0.25, 0.3) is 0 Å². The van der Waals surface area contributed by atoms with Crippen LogP contribution in [0.1, 0.15) is 88.3 Å². The summed E-state index contributed by atoms with van der Waals surface area (Å²) in [5.74, 6) is 1.70. The molecule has 1 saturated carbocycles. The van der Waals surface area contributed by atoms with Crippen LogP contribution in [-0.2, 0) is 6.42 Å². The number of allylic oxidation sites excluding steroid dienone is 1. The normalized spacial score (nSPS) is 21.7. The standard InChI is InChI=1S/C21H33N/c1-3-5-7-9-18-11-14-20(15-12-18)21-16-13-19(17-22-21)10-8-6-4-2/h4,13,16-18,20H,2-3,5-12,14-15H2,1H3. The second-order valence-corrected chi connectivity index (χ2v) is 6.99. The van der Waals surface area contributed by atoms with E-state index in [4.69, 9.17) is 4.98 Å². The highest BCUT2D eigenvalue weighted by Crippen LogP contribution is 2.37. The lowest BCUT2D eigenvalue weighted by atomic mass is 9.78. The van der Waals surface area contributed by atoms with Crippen LogP contribution in [0.15, 0.2) is 31.0 Å². The summed E-state index contributed by atoms with van der Waals surface area (Å²) in [6.45, 7) is 6.08. The van der Waals surface area contributed by atoms with Crippen molar-refractivity contribution in [1.82, 2.24) is 4.98 Å². The molecule has 0 bridgehead atoms. The van der Waals surface area contributed by atoms with Gasteiger partial charge in [-0.05, 0) is 62.5 Å². The second kappa shape index (κ2) is 9.82. The van der Waals surface area contributed by atoms with Crippen molar-refractivity contribution >= 4 is 0 Å². The molecule has 0 saturated heterocycles. The first-order valence-corrected chi connectivity index (χ1v) is 9.39. The number of aromatic nitrogens is 1. The largest absolute Gasteiger partial charge is 0.261 e. The summed E-state index contributed by atoms with van der Waals surface area (Å²) in [4.78, 5) is 4.76. The maximum atomic E-state index is 4.76. The van der Waals surface area contributed by atoms with Crippen LogP contribution in [0.3, 0.4) is 0 Å². The maximum absolute atomic E-state index is 4.76. The van der Waals surface area contributed by atoms with E-state index in [0.717, 1.165) is 18.8 Å². The van der Waals surface area contributed by atoms with Gasteiger partial charge < -0.3 is 0 Å². The zero-order valence-electron chi connectivity index (χ0n) is 14.4. The molecule has 0 aliphatic heterocycles. The van der Waals surface area contributed by atoms with Crippen molar-refractivity contribution in [3.05, 3.63) is 42.2 Å². The van der Waals surface area contributed by atoms with Crippen LogP contribution >= 0.6 is 0 Å². The van der Waals surface area contributed by atoms with E-state index in [9.17, 15) is 0 Å². The Bertz CT molecular complexity index is 412. The average molecular weight is 300 g/mol. The lowest BCUT2D eigenvalue weighted by Crippen LogP contribution is -2.14. The fraction of sp³-hybridized carbons (Fsp3) is 0.667. The van der Waals surface area contributed by atoms with Gasteiger partial charge in [-0.25, -0.2) is 0 Å². The summed E-state index contributed by atoms with van der Waals surface area (Å²) in [5.41, 5.74) is 2.71. The molecule has 1 heterocycles. The lowest BCUT2D eigenvalue weighted by molar-refractivity contribution is 0.300. The Morgan fingerprint density at radius 2 is 1.95 bits per heavy atom. The van der Waals surface area contributed by atoms with Gasteiger partial charge in [0, 0.05) is 17.8 Å². The first-order valence-electron chi connectivity index (χ1n) is 9.39. The molecule has 0 amide bonds. The number of unbranched alkanes of at least 4 members (excludes halogenated alkanes) is 3. The van der Waals surface area contributed by atoms with Gasteiger partial charge in [0.05, 0.1) is 0 Å². The second-order valence-electron chi connectivity index (χ2n) is 6.99. The van der Waals surface area contributed by atoms with Crippen molar-refractivity contribution in [3.8, 4) is 0 Å². The van der Waals surface area contributed by atoms with Crippen LogP contribution in [0.25, 0.3) is 0 Å². The molecule has 0 spiro atoms. The van der Waals surface area contributed by atoms with E-state index in [2.05, 4.69) is 31.8 Å². The van der Waals surface area contributed by atoms with E-state index in [-0.39, 0.29) is 0 Å². The summed E-state index contributed by atoms with van der Waals surface area (Å²) in [5, 5.41) is 0. The molecule has 1 nitrogen and oxygen atoms in total. The van der Waals surface area contributed by atoms with Gasteiger partial charge in [-0.2, -0.15) is 0 Å². The van der Waals surface area contributed by atoms with Crippen molar-refractivity contribution in [2.75, 3.05) is 0 Å². The Morgan fingerprint density at radius 3 is 2.59 bits per heavy atom. The molecule has 2 rings (SSSR count). The fourth-order valence-electron chi connectivity index (χ4n) is 3.71. The van der Waals surface area contributed by atoms with E-state index in [1.807, 2.05) is 6.08 Å². The molecule has 0 radical (unpaired) electrons. The van der Waals surface area contributed by atoms with Crippen LogP contribution in [0.4, 0.5) is 0 Å². The topological polar surface area (TPSA) is 12.9 Å². The smallest absolute Gasteiger partial charge is 0.0434 e. The van der Waals surface area contributed by atoms with Crippen molar-refractivity contribution in [3.63, 3.8) is 0 Å². The van der Waals surface area contributed by atoms with Crippen molar-refractivity contribution < 1.29 is 0 Å². The van der Waals surface area contributed by atoms with Gasteiger partial charge in [-0.15, -0.1) is 6.58 Å². The quantitative estimate of drug-likeness (QED) is 0.377. The molecule has 1 aromatic rings. The van der Waals surface area contributed by atoms with E-state index in [0.29, 0.717) is 5.92 Å². The lowest BCUT2D eigenvalue weighted by Gasteiger charge is -2.28. The number of nitrogens with zero attached hydrogens (tertiary/aromatic N) is 1. The zero-order valence-corrected chi connectivity index (χ0v) is 14.4. The Morgan fingerprint density at radius 1 is 1.14 bits per heavy atom. The van der Waals surface area contributed by atoms with E-state index in [1.165, 1.54) is 69.0 Å². The monoisotopic (exact) mass is 299 g/mol. The summed E-state index contributed by atoms with van der Waals surface area (Å²) in [6.07, 6.45) is 18.7. The fourth-order valence-corrected chi connectivity index (χ4v) is 3.71. The first kappa shape index (κ1) is 17.2. The zero-order chi connectivity index (χ0) is 15.6. The molecule has 0 unspecified atom stereocenters. The number of aryl methyl sites for hydroxylation is 1. The highest BCUT2D eigenvalue weighted by Gasteiger charge is 2.22. The summed E-state index contributed by atoms with van der Waals surface area (Å²) in [6, 6.07) is 4.57. The minimum absolute atomic E-state index is 0.713. The third kappa shape index (κ3) is 5.59. The highest BCUT2D eigenvalue weighted by atomic mass is 14.7. The summed E-state index contributed by atoms with van der Waals surface area (Å²) >= 11 is 0. The van der Waals surface area contributed by atoms with Crippen LogP contribution in [0, 0.1) is 5.92 Å². The van der Waals surface area contributed by atoms with Gasteiger partial charge in [0.1, 0.15) is 0 Å². The molecule has 0 atom stereocenters. The van der Waals surface area contributed by atoms with Crippen molar-refractivity contribution in [2.24, 2.45) is 5.92 Å². The third-order valence-corrected chi connectivity index (χ3v) is 5.20. The van der Waals surface area contributed by atoms with Gasteiger partial charge in [0.2, 0.25) is 0 Å². The molecular formula is C21H33N. The van der Waals surface area contributed by atoms with Crippen LogP contribution < -0.4 is 0 Å². The molecule has 1 aliphatic rings. The van der Waals surface area contributed by atoms with Crippen LogP contribution in [0.5, 0.6) is 0 Å². The molecule has 1 fully saturated rings. The molecule has 1 heteroatoms. The van der Waals surface area contributed by atoms with Gasteiger partial charge in [-0.1, -0.05) is 44.7 Å². The predicted octanol–water partition coefficient (Wildman–Crippen LogP) is 6.44. The number of rotatable bonds is 9. The Kier molecular flexibility index (Phi) is 7.70. The Hall–Kier alpha value is -1.11. The molecule has 22 heavy (non-hydrogen) atoms. The first-order chi connectivity index (χ1) is 10.8. The number of pyridine rings is 1. The number of hydrogen-bond acceptors (Lipinski definition) is 1. The van der Waals surface area contributed by atoms with E-state index in [1.54, 1.807) is 0 Å². The Labute approximate surface area is 137 Å². The number of hydrogen-bond donors (Lipinski definition) is 0. The molecule has 122 valence electrons. The molecule has 1 aliphatic carbocycles. The van der Waals surface area contributed by atoms with Crippen molar-refractivity contribution in [2.45, 2.75) is 83.5 Å². The average Bonchev–Trinajstić information content (AvgIpc) is 2.57. The molecular weight excluding hydrogens is 266 g/mol. The highest BCUT2D eigenvalue weighted by molar-refractivity contribution is 5.17. The van der Waals surface area contributed by atoms with Crippen LogP contribution in [-0.4, -0.2) is 4.98 Å². The minimum atomic E-state index is 0.713. The minimum Gasteiger partial charge on any atom is -0.261 e. The third-order valence-electron chi connectivity index (χ3n) is 5.20.